The predicted molar refractivity (Wildman–Crippen MR) is 42.4 cm³/mol. The lowest BCUT2D eigenvalue weighted by atomic mass is 10.1. The molecule has 0 bridgehead atoms. The summed E-state index contributed by atoms with van der Waals surface area (Å²) in [6, 6.07) is 3.42. The first kappa shape index (κ1) is 7.88. The number of benzene rings is 1. The molecule has 1 aromatic carbocycles. The van der Waals surface area contributed by atoms with Gasteiger partial charge in [-0.25, -0.2) is 0 Å². The Morgan fingerprint density at radius 2 is 1.91 bits per heavy atom. The summed E-state index contributed by atoms with van der Waals surface area (Å²) in [6.45, 7) is 1.95. The summed E-state index contributed by atoms with van der Waals surface area (Å²) >= 11 is 0. The second kappa shape index (κ2) is 2.80. The Balaban J connectivity index is 3.25. The van der Waals surface area contributed by atoms with Crippen molar-refractivity contribution in [1.29, 1.82) is 0 Å². The Hall–Kier alpha value is -1.22. The van der Waals surface area contributed by atoms with E-state index in [-0.39, 0.29) is 18.0 Å². The van der Waals surface area contributed by atoms with Gasteiger partial charge in [0.1, 0.15) is 0 Å². The SMILES string of the molecule is Cc1ccc(CN)c(O)c1O. The van der Waals surface area contributed by atoms with Gasteiger partial charge < -0.3 is 15.9 Å². The van der Waals surface area contributed by atoms with Crippen molar-refractivity contribution in [2.24, 2.45) is 5.73 Å². The number of aromatic hydroxyl groups is 2. The average Bonchev–Trinajstić information content (AvgIpc) is 2.01. The predicted octanol–water partition coefficient (Wildman–Crippen LogP) is 0.865. The summed E-state index contributed by atoms with van der Waals surface area (Å²) in [5, 5.41) is 18.5. The molecule has 60 valence electrons. The quantitative estimate of drug-likeness (QED) is 0.524. The van der Waals surface area contributed by atoms with Crippen molar-refractivity contribution in [3.63, 3.8) is 0 Å². The number of aryl methyl sites for hydroxylation is 1. The summed E-state index contributed by atoms with van der Waals surface area (Å²) in [4.78, 5) is 0. The molecule has 0 aliphatic rings. The summed E-state index contributed by atoms with van der Waals surface area (Å²) < 4.78 is 0. The lowest BCUT2D eigenvalue weighted by Gasteiger charge is -2.05. The summed E-state index contributed by atoms with van der Waals surface area (Å²) in [5.41, 5.74) is 6.51. The van der Waals surface area contributed by atoms with Crippen LogP contribution in [0.4, 0.5) is 0 Å². The van der Waals surface area contributed by atoms with Gasteiger partial charge in [-0.3, -0.25) is 0 Å². The Morgan fingerprint density at radius 1 is 1.27 bits per heavy atom. The molecule has 0 fully saturated rings. The third-order valence-electron chi connectivity index (χ3n) is 1.66. The van der Waals surface area contributed by atoms with Crippen LogP contribution >= 0.6 is 0 Å². The molecule has 0 unspecified atom stereocenters. The van der Waals surface area contributed by atoms with Crippen LogP contribution < -0.4 is 5.73 Å². The van der Waals surface area contributed by atoms with Crippen molar-refractivity contribution in [2.75, 3.05) is 0 Å². The normalized spacial score (nSPS) is 10.0. The molecule has 0 amide bonds. The summed E-state index contributed by atoms with van der Waals surface area (Å²) in [5.74, 6) is -0.180. The molecule has 0 aliphatic heterocycles. The fourth-order valence-corrected chi connectivity index (χ4v) is 0.887. The van der Waals surface area contributed by atoms with Crippen molar-refractivity contribution >= 4 is 0 Å². The Bertz CT molecular complexity index is 271. The highest BCUT2D eigenvalue weighted by Crippen LogP contribution is 2.31. The molecule has 0 aromatic heterocycles. The molecule has 0 radical (unpaired) electrons. The van der Waals surface area contributed by atoms with Crippen LogP contribution in [-0.2, 0) is 6.54 Å². The average molecular weight is 153 g/mol. The number of hydrogen-bond acceptors (Lipinski definition) is 3. The van der Waals surface area contributed by atoms with Gasteiger partial charge in [0.2, 0.25) is 0 Å². The van der Waals surface area contributed by atoms with Crippen LogP contribution in [0.2, 0.25) is 0 Å². The van der Waals surface area contributed by atoms with E-state index in [2.05, 4.69) is 0 Å². The maximum atomic E-state index is 9.25. The number of rotatable bonds is 1. The van der Waals surface area contributed by atoms with Crippen LogP contribution in [-0.4, -0.2) is 10.2 Å². The van der Waals surface area contributed by atoms with E-state index in [9.17, 15) is 10.2 Å². The first-order chi connectivity index (χ1) is 5.16. The van der Waals surface area contributed by atoms with Gasteiger partial charge >= 0.3 is 0 Å². The van der Waals surface area contributed by atoms with E-state index in [0.29, 0.717) is 11.1 Å². The molecular formula is C8H11NO2. The van der Waals surface area contributed by atoms with E-state index in [1.165, 1.54) is 0 Å². The maximum absolute atomic E-state index is 9.25. The summed E-state index contributed by atoms with van der Waals surface area (Å²) in [7, 11) is 0. The van der Waals surface area contributed by atoms with Crippen LogP contribution in [0.3, 0.4) is 0 Å². The van der Waals surface area contributed by atoms with Crippen LogP contribution in [0, 0.1) is 6.92 Å². The van der Waals surface area contributed by atoms with Crippen molar-refractivity contribution in [1.82, 2.24) is 0 Å². The zero-order valence-electron chi connectivity index (χ0n) is 6.33. The first-order valence-electron chi connectivity index (χ1n) is 3.37. The molecule has 0 spiro atoms. The molecule has 3 nitrogen and oxygen atoms in total. The monoisotopic (exact) mass is 153 g/mol. The van der Waals surface area contributed by atoms with Gasteiger partial charge in [0, 0.05) is 12.1 Å². The highest BCUT2D eigenvalue weighted by molar-refractivity contribution is 5.49. The smallest absolute Gasteiger partial charge is 0.162 e. The molecule has 4 N–H and O–H groups in total. The largest absolute Gasteiger partial charge is 0.504 e. The fraction of sp³-hybridized carbons (Fsp3) is 0.250. The third-order valence-corrected chi connectivity index (χ3v) is 1.66. The minimum absolute atomic E-state index is 0.0760. The highest BCUT2D eigenvalue weighted by Gasteiger charge is 2.06. The van der Waals surface area contributed by atoms with Crippen molar-refractivity contribution in [3.05, 3.63) is 23.3 Å². The van der Waals surface area contributed by atoms with Crippen LogP contribution in [0.25, 0.3) is 0 Å². The Morgan fingerprint density at radius 3 is 2.45 bits per heavy atom. The van der Waals surface area contributed by atoms with Crippen molar-refractivity contribution in [3.8, 4) is 11.5 Å². The third kappa shape index (κ3) is 1.28. The van der Waals surface area contributed by atoms with Gasteiger partial charge in [0.05, 0.1) is 0 Å². The minimum atomic E-state index is -0.104. The molecule has 0 saturated heterocycles. The van der Waals surface area contributed by atoms with Gasteiger partial charge in [-0.05, 0) is 12.5 Å². The maximum Gasteiger partial charge on any atom is 0.162 e. The summed E-state index contributed by atoms with van der Waals surface area (Å²) in [6.07, 6.45) is 0. The van der Waals surface area contributed by atoms with E-state index >= 15 is 0 Å². The minimum Gasteiger partial charge on any atom is -0.504 e. The van der Waals surface area contributed by atoms with E-state index in [4.69, 9.17) is 5.73 Å². The standard InChI is InChI=1S/C8H11NO2/c1-5-2-3-6(4-9)8(11)7(5)10/h2-3,10-11H,4,9H2,1H3. The number of hydrogen-bond donors (Lipinski definition) is 3. The Kier molecular flexibility index (Phi) is 2.01. The second-order valence-electron chi connectivity index (χ2n) is 2.44. The first-order valence-corrected chi connectivity index (χ1v) is 3.37. The zero-order valence-corrected chi connectivity index (χ0v) is 6.33. The topological polar surface area (TPSA) is 66.5 Å². The van der Waals surface area contributed by atoms with Crippen LogP contribution in [0.15, 0.2) is 12.1 Å². The number of nitrogens with two attached hydrogens (primary N) is 1. The van der Waals surface area contributed by atoms with Crippen molar-refractivity contribution in [2.45, 2.75) is 13.5 Å². The molecule has 3 heteroatoms. The number of phenolic OH excluding ortho intramolecular Hbond substituents is 2. The van der Waals surface area contributed by atoms with E-state index < -0.39 is 0 Å². The van der Waals surface area contributed by atoms with Crippen molar-refractivity contribution < 1.29 is 10.2 Å². The molecule has 0 heterocycles. The zero-order chi connectivity index (χ0) is 8.43. The molecule has 11 heavy (non-hydrogen) atoms. The fourth-order valence-electron chi connectivity index (χ4n) is 0.887. The molecule has 1 rings (SSSR count). The van der Waals surface area contributed by atoms with E-state index in [0.717, 1.165) is 0 Å². The van der Waals surface area contributed by atoms with Gasteiger partial charge in [-0.2, -0.15) is 0 Å². The number of phenols is 2. The molecule has 1 aromatic rings. The van der Waals surface area contributed by atoms with Gasteiger partial charge in [0.25, 0.3) is 0 Å². The highest BCUT2D eigenvalue weighted by atomic mass is 16.3. The molecule has 0 atom stereocenters. The van der Waals surface area contributed by atoms with Gasteiger partial charge in [-0.1, -0.05) is 12.1 Å². The van der Waals surface area contributed by atoms with Gasteiger partial charge in [0.15, 0.2) is 11.5 Å². The van der Waals surface area contributed by atoms with Crippen LogP contribution in [0.1, 0.15) is 11.1 Å². The lowest BCUT2D eigenvalue weighted by molar-refractivity contribution is 0.397. The molecular weight excluding hydrogens is 142 g/mol. The molecule has 0 saturated carbocycles. The van der Waals surface area contributed by atoms with Crippen LogP contribution in [0.5, 0.6) is 11.5 Å². The van der Waals surface area contributed by atoms with Gasteiger partial charge in [-0.15, -0.1) is 0 Å². The molecule has 0 aliphatic carbocycles. The second-order valence-corrected chi connectivity index (χ2v) is 2.44. The van der Waals surface area contributed by atoms with E-state index in [1.807, 2.05) is 0 Å². The lowest BCUT2D eigenvalue weighted by Crippen LogP contribution is -1.96. The van der Waals surface area contributed by atoms with E-state index in [1.54, 1.807) is 19.1 Å². The Labute approximate surface area is 65.1 Å².